The minimum Gasteiger partial charge on any atom is -0.466 e. The number of hydrogen-bond acceptors (Lipinski definition) is 3. The lowest BCUT2D eigenvalue weighted by atomic mass is 10.0. The number of ether oxygens (including phenoxy) is 1. The van der Waals surface area contributed by atoms with Crippen molar-refractivity contribution in [1.29, 1.82) is 0 Å². The molecular weight excluding hydrogens is 170 g/mol. The van der Waals surface area contributed by atoms with Crippen LogP contribution in [0.5, 0.6) is 0 Å². The molecule has 0 unspecified atom stereocenters. The minimum absolute atomic E-state index is 0.0341. The monoisotopic (exact) mass is 185 g/mol. The molecule has 1 rings (SSSR count). The zero-order valence-electron chi connectivity index (χ0n) is 7.84. The molecule has 0 aromatic heterocycles. The van der Waals surface area contributed by atoms with Crippen molar-refractivity contribution >= 4 is 11.9 Å². The highest BCUT2D eigenvalue weighted by Crippen LogP contribution is 2.15. The van der Waals surface area contributed by atoms with Crippen LogP contribution in [0.4, 0.5) is 0 Å². The van der Waals surface area contributed by atoms with Crippen molar-refractivity contribution in [2.45, 2.75) is 26.2 Å². The van der Waals surface area contributed by atoms with E-state index in [4.69, 9.17) is 4.74 Å². The fraction of sp³-hybridized carbons (Fsp3) is 0.778. The fourth-order valence-corrected chi connectivity index (χ4v) is 1.42. The summed E-state index contributed by atoms with van der Waals surface area (Å²) in [6, 6.07) is 0. The molecule has 1 atom stereocenters. The number of esters is 1. The summed E-state index contributed by atoms with van der Waals surface area (Å²) < 4.78 is 4.89. The van der Waals surface area contributed by atoms with E-state index in [1.165, 1.54) is 0 Å². The van der Waals surface area contributed by atoms with Crippen molar-refractivity contribution < 1.29 is 14.3 Å². The van der Waals surface area contributed by atoms with E-state index in [1.807, 2.05) is 0 Å². The molecule has 0 aromatic rings. The molecule has 1 aliphatic rings. The first-order valence-electron chi connectivity index (χ1n) is 4.67. The minimum atomic E-state index is -0.168. The zero-order valence-corrected chi connectivity index (χ0v) is 7.84. The molecule has 0 saturated carbocycles. The van der Waals surface area contributed by atoms with Gasteiger partial charge in [-0.25, -0.2) is 0 Å². The smallest absolute Gasteiger partial charge is 0.308 e. The SMILES string of the molecule is CCOC(=O)[C@H]1CCNC(=O)CC1. The Kier molecular flexibility index (Phi) is 3.73. The van der Waals surface area contributed by atoms with Gasteiger partial charge >= 0.3 is 5.97 Å². The molecule has 1 fully saturated rings. The zero-order chi connectivity index (χ0) is 9.68. The number of carbonyl (C=O) groups excluding carboxylic acids is 2. The molecule has 4 heteroatoms. The summed E-state index contributed by atoms with van der Waals surface area (Å²) in [5, 5.41) is 2.72. The average molecular weight is 185 g/mol. The van der Waals surface area contributed by atoms with Crippen molar-refractivity contribution in [3.05, 3.63) is 0 Å². The van der Waals surface area contributed by atoms with Gasteiger partial charge in [0.15, 0.2) is 0 Å². The van der Waals surface area contributed by atoms with Crippen molar-refractivity contribution in [2.24, 2.45) is 5.92 Å². The van der Waals surface area contributed by atoms with E-state index in [0.717, 1.165) is 0 Å². The van der Waals surface area contributed by atoms with Gasteiger partial charge in [-0.15, -0.1) is 0 Å². The van der Waals surface area contributed by atoms with Crippen LogP contribution in [0.3, 0.4) is 0 Å². The first-order valence-corrected chi connectivity index (χ1v) is 4.67. The Morgan fingerprint density at radius 1 is 1.62 bits per heavy atom. The van der Waals surface area contributed by atoms with E-state index < -0.39 is 0 Å². The van der Waals surface area contributed by atoms with Gasteiger partial charge in [0.1, 0.15) is 0 Å². The van der Waals surface area contributed by atoms with Crippen LogP contribution < -0.4 is 5.32 Å². The Morgan fingerprint density at radius 2 is 2.38 bits per heavy atom. The summed E-state index contributed by atoms with van der Waals surface area (Å²) in [5.41, 5.74) is 0. The summed E-state index contributed by atoms with van der Waals surface area (Å²) in [6.45, 7) is 2.79. The van der Waals surface area contributed by atoms with Gasteiger partial charge in [-0.3, -0.25) is 9.59 Å². The van der Waals surface area contributed by atoms with Crippen molar-refractivity contribution in [1.82, 2.24) is 5.32 Å². The fourth-order valence-electron chi connectivity index (χ4n) is 1.42. The third-order valence-electron chi connectivity index (χ3n) is 2.15. The first-order chi connectivity index (χ1) is 6.24. The van der Waals surface area contributed by atoms with Crippen LogP contribution in [-0.2, 0) is 14.3 Å². The van der Waals surface area contributed by atoms with Crippen LogP contribution >= 0.6 is 0 Å². The van der Waals surface area contributed by atoms with Crippen LogP contribution in [0.2, 0.25) is 0 Å². The standard InChI is InChI=1S/C9H15NO3/c1-2-13-9(12)7-3-4-8(11)10-6-5-7/h7H,2-6H2,1H3,(H,10,11)/t7-/m1/s1. The van der Waals surface area contributed by atoms with E-state index in [1.54, 1.807) is 6.92 Å². The highest BCUT2D eigenvalue weighted by atomic mass is 16.5. The van der Waals surface area contributed by atoms with Crippen LogP contribution in [0.15, 0.2) is 0 Å². The van der Waals surface area contributed by atoms with E-state index >= 15 is 0 Å². The molecular formula is C9H15NO3. The van der Waals surface area contributed by atoms with Gasteiger partial charge in [0.25, 0.3) is 0 Å². The molecule has 13 heavy (non-hydrogen) atoms. The molecule has 74 valence electrons. The molecule has 4 nitrogen and oxygen atoms in total. The molecule has 0 bridgehead atoms. The largest absolute Gasteiger partial charge is 0.466 e. The average Bonchev–Trinajstić information content (AvgIpc) is 2.30. The van der Waals surface area contributed by atoms with Gasteiger partial charge in [-0.1, -0.05) is 0 Å². The molecule has 0 aliphatic carbocycles. The summed E-state index contributed by atoms with van der Waals surface area (Å²) in [4.78, 5) is 22.2. The molecule has 1 aliphatic heterocycles. The molecule has 1 amide bonds. The number of nitrogens with one attached hydrogen (secondary N) is 1. The third-order valence-corrected chi connectivity index (χ3v) is 2.15. The number of rotatable bonds is 2. The lowest BCUT2D eigenvalue weighted by Crippen LogP contribution is -2.22. The molecule has 0 aromatic carbocycles. The molecule has 1 saturated heterocycles. The van der Waals surface area contributed by atoms with E-state index in [9.17, 15) is 9.59 Å². The normalized spacial score (nSPS) is 23.2. The third kappa shape index (κ3) is 3.05. The summed E-state index contributed by atoms with van der Waals surface area (Å²) in [6.07, 6.45) is 1.75. The van der Waals surface area contributed by atoms with Gasteiger partial charge in [0.2, 0.25) is 5.91 Å². The Morgan fingerprint density at radius 3 is 3.08 bits per heavy atom. The van der Waals surface area contributed by atoms with Gasteiger partial charge in [-0.05, 0) is 19.8 Å². The van der Waals surface area contributed by atoms with Gasteiger partial charge in [0, 0.05) is 13.0 Å². The number of amides is 1. The topological polar surface area (TPSA) is 55.4 Å². The second-order valence-electron chi connectivity index (χ2n) is 3.13. The molecule has 0 spiro atoms. The lowest BCUT2D eigenvalue weighted by Gasteiger charge is -2.10. The van der Waals surface area contributed by atoms with Gasteiger partial charge in [0.05, 0.1) is 12.5 Å². The molecule has 0 radical (unpaired) electrons. The van der Waals surface area contributed by atoms with Crippen LogP contribution in [0.25, 0.3) is 0 Å². The Hall–Kier alpha value is -1.06. The summed E-state index contributed by atoms with van der Waals surface area (Å²) >= 11 is 0. The predicted octanol–water partition coefficient (Wildman–Crippen LogP) is 0.466. The maximum atomic E-state index is 11.3. The predicted molar refractivity (Wildman–Crippen MR) is 47.0 cm³/mol. The maximum absolute atomic E-state index is 11.3. The van der Waals surface area contributed by atoms with Crippen LogP contribution in [-0.4, -0.2) is 25.0 Å². The number of hydrogen-bond donors (Lipinski definition) is 1. The highest BCUT2D eigenvalue weighted by molar-refractivity contribution is 5.78. The quantitative estimate of drug-likeness (QED) is 0.636. The highest BCUT2D eigenvalue weighted by Gasteiger charge is 2.23. The number of carbonyl (C=O) groups is 2. The maximum Gasteiger partial charge on any atom is 0.308 e. The van der Waals surface area contributed by atoms with E-state index in [0.29, 0.717) is 32.4 Å². The molecule has 1 heterocycles. The Labute approximate surface area is 77.6 Å². The summed E-state index contributed by atoms with van der Waals surface area (Å²) in [5.74, 6) is -0.232. The lowest BCUT2D eigenvalue weighted by molar-refractivity contribution is -0.148. The van der Waals surface area contributed by atoms with Crippen LogP contribution in [0.1, 0.15) is 26.2 Å². The first kappa shape index (κ1) is 10.0. The van der Waals surface area contributed by atoms with E-state index in [2.05, 4.69) is 5.32 Å². The second kappa shape index (κ2) is 4.84. The Bertz CT molecular complexity index is 203. The van der Waals surface area contributed by atoms with Crippen molar-refractivity contribution in [2.75, 3.05) is 13.2 Å². The van der Waals surface area contributed by atoms with Crippen LogP contribution in [0, 0.1) is 5.92 Å². The van der Waals surface area contributed by atoms with Gasteiger partial charge in [-0.2, -0.15) is 0 Å². The van der Waals surface area contributed by atoms with E-state index in [-0.39, 0.29) is 17.8 Å². The Balaban J connectivity index is 2.41. The van der Waals surface area contributed by atoms with Gasteiger partial charge < -0.3 is 10.1 Å². The summed E-state index contributed by atoms with van der Waals surface area (Å²) in [7, 11) is 0. The molecule has 1 N–H and O–H groups in total. The van der Waals surface area contributed by atoms with Crippen molar-refractivity contribution in [3.8, 4) is 0 Å². The van der Waals surface area contributed by atoms with Crippen molar-refractivity contribution in [3.63, 3.8) is 0 Å². The second-order valence-corrected chi connectivity index (χ2v) is 3.13.